The van der Waals surface area contributed by atoms with E-state index in [0.717, 1.165) is 12.2 Å². The molecule has 0 N–H and O–H groups in total. The summed E-state index contributed by atoms with van der Waals surface area (Å²) in [6.45, 7) is 2.48. The molecule has 1 atom stereocenters. The second-order valence-corrected chi connectivity index (χ2v) is 4.09. The third-order valence-corrected chi connectivity index (χ3v) is 2.88. The summed E-state index contributed by atoms with van der Waals surface area (Å²) in [6, 6.07) is 9.63. The zero-order valence-corrected chi connectivity index (χ0v) is 8.32. The summed E-state index contributed by atoms with van der Waals surface area (Å²) in [4.78, 5) is 11.3. The average molecular weight is 190 g/mol. The summed E-state index contributed by atoms with van der Waals surface area (Å²) < 4.78 is 5.56. The first-order valence-corrected chi connectivity index (χ1v) is 4.92. The molecular weight excluding hydrogens is 176 g/mol. The number of ether oxygens (including phenoxy) is 1. The van der Waals surface area contributed by atoms with Gasteiger partial charge in [-0.1, -0.05) is 18.2 Å². The van der Waals surface area contributed by atoms with E-state index in [0.29, 0.717) is 18.8 Å². The summed E-state index contributed by atoms with van der Waals surface area (Å²) >= 11 is 0. The van der Waals surface area contributed by atoms with Crippen LogP contribution in [0.5, 0.6) is 5.75 Å². The van der Waals surface area contributed by atoms with Gasteiger partial charge in [-0.2, -0.15) is 0 Å². The summed E-state index contributed by atoms with van der Waals surface area (Å²) in [6.07, 6.45) is 1.67. The van der Waals surface area contributed by atoms with Crippen molar-refractivity contribution in [1.82, 2.24) is 0 Å². The highest BCUT2D eigenvalue weighted by atomic mass is 16.5. The van der Waals surface area contributed by atoms with Crippen LogP contribution in [0.3, 0.4) is 0 Å². The van der Waals surface area contributed by atoms with Crippen LogP contribution in [0.4, 0.5) is 0 Å². The van der Waals surface area contributed by atoms with Crippen LogP contribution in [-0.4, -0.2) is 12.4 Å². The first kappa shape index (κ1) is 9.25. The molecule has 1 aromatic carbocycles. The van der Waals surface area contributed by atoms with Crippen LogP contribution < -0.4 is 4.74 Å². The van der Waals surface area contributed by atoms with Crippen LogP contribution in [0.1, 0.15) is 19.8 Å². The van der Waals surface area contributed by atoms with Gasteiger partial charge in [0, 0.05) is 6.42 Å². The number of hydrogen-bond donors (Lipinski definition) is 0. The zero-order chi connectivity index (χ0) is 10.0. The van der Waals surface area contributed by atoms with Crippen molar-refractivity contribution in [2.24, 2.45) is 5.41 Å². The van der Waals surface area contributed by atoms with Gasteiger partial charge in [0.05, 0.1) is 5.41 Å². The van der Waals surface area contributed by atoms with Gasteiger partial charge in [0.25, 0.3) is 0 Å². The molecule has 1 fully saturated rings. The predicted octanol–water partition coefficient (Wildman–Crippen LogP) is 2.43. The Kier molecular flexibility index (Phi) is 2.28. The zero-order valence-electron chi connectivity index (χ0n) is 8.32. The highest BCUT2D eigenvalue weighted by molar-refractivity contribution is 5.90. The largest absolute Gasteiger partial charge is 0.493 e. The van der Waals surface area contributed by atoms with E-state index < -0.39 is 0 Å². The predicted molar refractivity (Wildman–Crippen MR) is 54.3 cm³/mol. The van der Waals surface area contributed by atoms with Crippen LogP contribution in [0.2, 0.25) is 0 Å². The molecule has 1 saturated carbocycles. The highest BCUT2D eigenvalue weighted by Crippen LogP contribution is 2.36. The van der Waals surface area contributed by atoms with E-state index in [4.69, 9.17) is 4.74 Å². The van der Waals surface area contributed by atoms with E-state index in [1.807, 2.05) is 37.3 Å². The van der Waals surface area contributed by atoms with E-state index in [9.17, 15) is 4.79 Å². The molecule has 0 amide bonds. The van der Waals surface area contributed by atoms with Crippen LogP contribution in [0.15, 0.2) is 30.3 Å². The van der Waals surface area contributed by atoms with Gasteiger partial charge in [-0.25, -0.2) is 0 Å². The summed E-state index contributed by atoms with van der Waals surface area (Å²) in [5.41, 5.74) is -0.226. The molecule has 0 spiro atoms. The maximum atomic E-state index is 11.3. The van der Waals surface area contributed by atoms with Crippen molar-refractivity contribution in [3.05, 3.63) is 30.3 Å². The summed E-state index contributed by atoms with van der Waals surface area (Å²) in [5.74, 6) is 1.17. The van der Waals surface area contributed by atoms with Crippen molar-refractivity contribution in [3.63, 3.8) is 0 Å². The molecule has 0 radical (unpaired) electrons. The molecule has 0 aromatic heterocycles. The standard InChI is InChI=1S/C12H14O2/c1-12(8-7-11(12)13)9-14-10-5-3-2-4-6-10/h2-6H,7-9H2,1H3. The molecule has 2 rings (SSSR count). The van der Waals surface area contributed by atoms with E-state index in [-0.39, 0.29) is 5.41 Å². The quantitative estimate of drug-likeness (QED) is 0.731. The molecule has 1 aliphatic rings. The lowest BCUT2D eigenvalue weighted by molar-refractivity contribution is -0.139. The summed E-state index contributed by atoms with van der Waals surface area (Å²) in [5, 5.41) is 0. The van der Waals surface area contributed by atoms with Crippen molar-refractivity contribution in [1.29, 1.82) is 0 Å². The van der Waals surface area contributed by atoms with Gasteiger partial charge in [-0.05, 0) is 25.5 Å². The fourth-order valence-corrected chi connectivity index (χ4v) is 1.57. The molecule has 14 heavy (non-hydrogen) atoms. The van der Waals surface area contributed by atoms with Gasteiger partial charge in [0.2, 0.25) is 0 Å². The lowest BCUT2D eigenvalue weighted by Gasteiger charge is -2.35. The Labute approximate surface area is 83.9 Å². The average Bonchev–Trinajstić information content (AvgIpc) is 2.25. The third kappa shape index (κ3) is 1.65. The fraction of sp³-hybridized carbons (Fsp3) is 0.417. The van der Waals surface area contributed by atoms with Crippen LogP contribution in [0, 0.1) is 5.41 Å². The van der Waals surface area contributed by atoms with Crippen LogP contribution in [0.25, 0.3) is 0 Å². The van der Waals surface area contributed by atoms with Crippen LogP contribution in [-0.2, 0) is 4.79 Å². The number of carbonyl (C=O) groups is 1. The molecule has 0 heterocycles. The first-order chi connectivity index (χ1) is 6.71. The van der Waals surface area contributed by atoms with E-state index in [1.165, 1.54) is 0 Å². The van der Waals surface area contributed by atoms with Gasteiger partial charge < -0.3 is 4.74 Å². The topological polar surface area (TPSA) is 26.3 Å². The van der Waals surface area contributed by atoms with Crippen molar-refractivity contribution >= 4 is 5.78 Å². The number of rotatable bonds is 3. The first-order valence-electron chi connectivity index (χ1n) is 4.92. The molecule has 74 valence electrons. The number of ketones is 1. The van der Waals surface area contributed by atoms with Gasteiger partial charge in [-0.15, -0.1) is 0 Å². The third-order valence-electron chi connectivity index (χ3n) is 2.88. The van der Waals surface area contributed by atoms with Crippen LogP contribution >= 0.6 is 0 Å². The highest BCUT2D eigenvalue weighted by Gasteiger charge is 2.42. The maximum Gasteiger partial charge on any atom is 0.142 e. The maximum absolute atomic E-state index is 11.3. The summed E-state index contributed by atoms with van der Waals surface area (Å²) in [7, 11) is 0. The normalized spacial score (nSPS) is 25.6. The molecule has 1 unspecified atom stereocenters. The van der Waals surface area contributed by atoms with Gasteiger partial charge >= 0.3 is 0 Å². The van der Waals surface area contributed by atoms with Crippen molar-refractivity contribution in [2.45, 2.75) is 19.8 Å². The van der Waals surface area contributed by atoms with Crippen molar-refractivity contribution in [3.8, 4) is 5.75 Å². The van der Waals surface area contributed by atoms with Gasteiger partial charge in [-0.3, -0.25) is 4.79 Å². The van der Waals surface area contributed by atoms with E-state index in [1.54, 1.807) is 0 Å². The second-order valence-electron chi connectivity index (χ2n) is 4.09. The van der Waals surface area contributed by atoms with E-state index in [2.05, 4.69) is 0 Å². The fourth-order valence-electron chi connectivity index (χ4n) is 1.57. The van der Waals surface area contributed by atoms with Crippen molar-refractivity contribution < 1.29 is 9.53 Å². The lowest BCUT2D eigenvalue weighted by Crippen LogP contribution is -2.42. The smallest absolute Gasteiger partial charge is 0.142 e. The molecule has 0 bridgehead atoms. The Hall–Kier alpha value is -1.31. The number of carbonyl (C=O) groups excluding carboxylic acids is 1. The lowest BCUT2D eigenvalue weighted by atomic mass is 9.70. The van der Waals surface area contributed by atoms with Gasteiger partial charge in [0.1, 0.15) is 18.1 Å². The number of benzene rings is 1. The molecular formula is C12H14O2. The minimum atomic E-state index is -0.226. The molecule has 2 nitrogen and oxygen atoms in total. The molecule has 1 aromatic rings. The Morgan fingerprint density at radius 3 is 2.57 bits per heavy atom. The Morgan fingerprint density at radius 2 is 2.07 bits per heavy atom. The Balaban J connectivity index is 1.92. The van der Waals surface area contributed by atoms with Gasteiger partial charge in [0.15, 0.2) is 0 Å². The minimum Gasteiger partial charge on any atom is -0.493 e. The van der Waals surface area contributed by atoms with E-state index >= 15 is 0 Å². The molecule has 0 aliphatic heterocycles. The monoisotopic (exact) mass is 190 g/mol. The molecule has 1 aliphatic carbocycles. The molecule has 2 heteroatoms. The number of hydrogen-bond acceptors (Lipinski definition) is 2. The number of Topliss-reactive ketones (excluding diaryl/α,β-unsaturated/α-hetero) is 1. The second kappa shape index (κ2) is 3.45. The van der Waals surface area contributed by atoms with Crippen molar-refractivity contribution in [2.75, 3.05) is 6.61 Å². The number of para-hydroxylation sites is 1. The SMILES string of the molecule is CC1(COc2ccccc2)CCC1=O. The Morgan fingerprint density at radius 1 is 1.36 bits per heavy atom. The Bertz CT molecular complexity index is 331. The molecule has 0 saturated heterocycles. The minimum absolute atomic E-state index is 0.226.